The quantitative estimate of drug-likeness (QED) is 0.829. The molecule has 3 heteroatoms. The van der Waals surface area contributed by atoms with Gasteiger partial charge in [-0.05, 0) is 37.8 Å². The van der Waals surface area contributed by atoms with Crippen molar-refractivity contribution in [2.24, 2.45) is 5.92 Å². The van der Waals surface area contributed by atoms with Crippen molar-refractivity contribution in [2.45, 2.75) is 32.6 Å². The molecule has 1 fully saturated rings. The van der Waals surface area contributed by atoms with Gasteiger partial charge in [-0.3, -0.25) is 9.59 Å². The van der Waals surface area contributed by atoms with Crippen molar-refractivity contribution >= 4 is 17.3 Å². The van der Waals surface area contributed by atoms with Gasteiger partial charge in [0.05, 0.1) is 0 Å². The maximum absolute atomic E-state index is 11.3. The minimum Gasteiger partial charge on any atom is -0.385 e. The Labute approximate surface area is 108 Å². The summed E-state index contributed by atoms with van der Waals surface area (Å²) in [6.07, 6.45) is 3.41. The second kappa shape index (κ2) is 5.80. The number of ketones is 2. The number of Topliss-reactive ketones (excluding diaryl/α,β-unsaturated/α-hetero) is 2. The van der Waals surface area contributed by atoms with Crippen molar-refractivity contribution in [1.29, 1.82) is 0 Å². The van der Waals surface area contributed by atoms with Crippen molar-refractivity contribution < 1.29 is 9.59 Å². The van der Waals surface area contributed by atoms with E-state index in [0.717, 1.165) is 43.5 Å². The highest BCUT2D eigenvalue weighted by molar-refractivity contribution is 5.94. The molecule has 0 spiro atoms. The average molecular weight is 245 g/mol. The molecule has 0 saturated heterocycles. The lowest BCUT2D eigenvalue weighted by atomic mass is 9.88. The van der Waals surface area contributed by atoms with E-state index in [4.69, 9.17) is 0 Å². The maximum atomic E-state index is 11.3. The molecular weight excluding hydrogens is 226 g/mol. The molecule has 1 aliphatic rings. The van der Waals surface area contributed by atoms with E-state index in [0.29, 0.717) is 11.7 Å². The van der Waals surface area contributed by atoms with Crippen LogP contribution < -0.4 is 5.32 Å². The van der Waals surface area contributed by atoms with E-state index in [1.165, 1.54) is 0 Å². The van der Waals surface area contributed by atoms with E-state index in [-0.39, 0.29) is 5.78 Å². The molecular formula is C15H19NO2. The molecule has 3 nitrogen and oxygen atoms in total. The molecule has 0 radical (unpaired) electrons. The third kappa shape index (κ3) is 3.42. The van der Waals surface area contributed by atoms with Crippen LogP contribution in [0.25, 0.3) is 0 Å². The predicted octanol–water partition coefficient (Wildman–Crippen LogP) is 3.06. The zero-order valence-corrected chi connectivity index (χ0v) is 10.7. The molecule has 0 heterocycles. The van der Waals surface area contributed by atoms with Gasteiger partial charge in [0.1, 0.15) is 5.78 Å². The Balaban J connectivity index is 1.88. The molecule has 1 aromatic rings. The van der Waals surface area contributed by atoms with Gasteiger partial charge in [-0.1, -0.05) is 12.1 Å². The van der Waals surface area contributed by atoms with E-state index in [1.807, 2.05) is 24.3 Å². The molecule has 96 valence electrons. The Morgan fingerprint density at radius 2 is 2.06 bits per heavy atom. The Morgan fingerprint density at radius 1 is 1.33 bits per heavy atom. The number of carbonyl (C=O) groups is 2. The minimum absolute atomic E-state index is 0.0851. The van der Waals surface area contributed by atoms with Gasteiger partial charge in [-0.15, -0.1) is 0 Å². The second-order valence-corrected chi connectivity index (χ2v) is 5.00. The summed E-state index contributed by atoms with van der Waals surface area (Å²) in [5, 5.41) is 3.36. The van der Waals surface area contributed by atoms with E-state index < -0.39 is 0 Å². The molecule has 1 aliphatic carbocycles. The third-order valence-corrected chi connectivity index (χ3v) is 3.53. The van der Waals surface area contributed by atoms with E-state index in [1.54, 1.807) is 6.92 Å². The van der Waals surface area contributed by atoms with Crippen LogP contribution in [0, 0.1) is 5.92 Å². The first-order chi connectivity index (χ1) is 8.65. The predicted molar refractivity (Wildman–Crippen MR) is 71.9 cm³/mol. The first kappa shape index (κ1) is 12.8. The molecule has 0 aromatic heterocycles. The smallest absolute Gasteiger partial charge is 0.159 e. The van der Waals surface area contributed by atoms with Gasteiger partial charge in [-0.2, -0.15) is 0 Å². The van der Waals surface area contributed by atoms with Crippen LogP contribution in [-0.4, -0.2) is 18.1 Å². The standard InChI is InChI=1S/C15H19NO2/c1-11(17)13-3-2-4-14(9-13)16-10-12-5-7-15(18)8-6-12/h2-4,9,12,16H,5-8,10H2,1H3. The van der Waals surface area contributed by atoms with Crippen molar-refractivity contribution in [1.82, 2.24) is 0 Å². The van der Waals surface area contributed by atoms with Crippen molar-refractivity contribution in [3.05, 3.63) is 29.8 Å². The SMILES string of the molecule is CC(=O)c1cccc(NCC2CCC(=O)CC2)c1. The fourth-order valence-corrected chi connectivity index (χ4v) is 2.31. The van der Waals surface area contributed by atoms with Gasteiger partial charge in [0, 0.05) is 30.6 Å². The van der Waals surface area contributed by atoms with E-state index in [9.17, 15) is 9.59 Å². The summed E-state index contributed by atoms with van der Waals surface area (Å²) in [5.74, 6) is 1.05. The lowest BCUT2D eigenvalue weighted by Gasteiger charge is -2.21. The van der Waals surface area contributed by atoms with E-state index in [2.05, 4.69) is 5.32 Å². The van der Waals surface area contributed by atoms with Crippen molar-refractivity contribution in [3.63, 3.8) is 0 Å². The van der Waals surface area contributed by atoms with Gasteiger partial charge in [0.2, 0.25) is 0 Å². The molecule has 1 N–H and O–H groups in total. The highest BCUT2D eigenvalue weighted by atomic mass is 16.1. The Bertz CT molecular complexity index is 444. The van der Waals surface area contributed by atoms with Gasteiger partial charge in [0.25, 0.3) is 0 Å². The second-order valence-electron chi connectivity index (χ2n) is 5.00. The lowest BCUT2D eigenvalue weighted by Crippen LogP contribution is -2.21. The van der Waals surface area contributed by atoms with Gasteiger partial charge < -0.3 is 5.32 Å². The van der Waals surface area contributed by atoms with E-state index >= 15 is 0 Å². The molecule has 0 atom stereocenters. The zero-order chi connectivity index (χ0) is 13.0. The lowest BCUT2D eigenvalue weighted by molar-refractivity contribution is -0.120. The van der Waals surface area contributed by atoms with Crippen LogP contribution in [0.15, 0.2) is 24.3 Å². The monoisotopic (exact) mass is 245 g/mol. The highest BCUT2D eigenvalue weighted by Gasteiger charge is 2.18. The number of hydrogen-bond donors (Lipinski definition) is 1. The van der Waals surface area contributed by atoms with Crippen LogP contribution in [0.2, 0.25) is 0 Å². The van der Waals surface area contributed by atoms with Crippen LogP contribution in [0.4, 0.5) is 5.69 Å². The molecule has 1 aromatic carbocycles. The number of rotatable bonds is 4. The highest BCUT2D eigenvalue weighted by Crippen LogP contribution is 2.22. The summed E-state index contributed by atoms with van der Waals surface area (Å²) < 4.78 is 0. The fourth-order valence-electron chi connectivity index (χ4n) is 2.31. The van der Waals surface area contributed by atoms with Crippen LogP contribution in [-0.2, 0) is 4.79 Å². The number of benzene rings is 1. The van der Waals surface area contributed by atoms with Crippen molar-refractivity contribution in [3.8, 4) is 0 Å². The summed E-state index contributed by atoms with van der Waals surface area (Å²) >= 11 is 0. The largest absolute Gasteiger partial charge is 0.385 e. The summed E-state index contributed by atoms with van der Waals surface area (Å²) in [7, 11) is 0. The third-order valence-electron chi connectivity index (χ3n) is 3.53. The Hall–Kier alpha value is -1.64. The molecule has 2 rings (SSSR count). The van der Waals surface area contributed by atoms with Crippen LogP contribution >= 0.6 is 0 Å². The molecule has 0 bridgehead atoms. The molecule has 0 aliphatic heterocycles. The Kier molecular flexibility index (Phi) is 4.13. The van der Waals surface area contributed by atoms with Crippen LogP contribution in [0.3, 0.4) is 0 Å². The minimum atomic E-state index is 0.0851. The first-order valence-corrected chi connectivity index (χ1v) is 6.52. The topological polar surface area (TPSA) is 46.2 Å². The Morgan fingerprint density at radius 3 is 2.72 bits per heavy atom. The number of hydrogen-bond acceptors (Lipinski definition) is 3. The molecule has 0 unspecified atom stereocenters. The number of anilines is 1. The number of nitrogens with one attached hydrogen (secondary N) is 1. The summed E-state index contributed by atoms with van der Waals surface area (Å²) in [4.78, 5) is 22.4. The molecule has 18 heavy (non-hydrogen) atoms. The maximum Gasteiger partial charge on any atom is 0.159 e. The zero-order valence-electron chi connectivity index (χ0n) is 10.7. The van der Waals surface area contributed by atoms with Gasteiger partial charge in [0.15, 0.2) is 5.78 Å². The first-order valence-electron chi connectivity index (χ1n) is 6.52. The van der Waals surface area contributed by atoms with Crippen LogP contribution in [0.5, 0.6) is 0 Å². The fraction of sp³-hybridized carbons (Fsp3) is 0.467. The van der Waals surface area contributed by atoms with Crippen LogP contribution in [0.1, 0.15) is 43.0 Å². The summed E-state index contributed by atoms with van der Waals surface area (Å²) in [6, 6.07) is 7.58. The normalized spacial score (nSPS) is 16.6. The summed E-state index contributed by atoms with van der Waals surface area (Å²) in [5.41, 5.74) is 1.72. The average Bonchev–Trinajstić information content (AvgIpc) is 2.38. The molecule has 1 saturated carbocycles. The summed E-state index contributed by atoms with van der Waals surface area (Å²) in [6.45, 7) is 2.46. The van der Waals surface area contributed by atoms with Crippen molar-refractivity contribution in [2.75, 3.05) is 11.9 Å². The molecule has 0 amide bonds. The number of carbonyl (C=O) groups excluding carboxylic acids is 2. The van der Waals surface area contributed by atoms with Gasteiger partial charge in [-0.25, -0.2) is 0 Å². The van der Waals surface area contributed by atoms with Gasteiger partial charge >= 0.3 is 0 Å².